The smallest absolute Gasteiger partial charge is 0.353 e. The average molecular weight is 408 g/mol. The predicted molar refractivity (Wildman–Crippen MR) is 108 cm³/mol. The van der Waals surface area contributed by atoms with Gasteiger partial charge in [0, 0.05) is 28.6 Å². The fourth-order valence-electron chi connectivity index (χ4n) is 3.64. The number of hydrogen-bond donors (Lipinski definition) is 1. The van der Waals surface area contributed by atoms with Crippen molar-refractivity contribution in [2.75, 3.05) is 0 Å². The number of hydrogen-bond acceptors (Lipinski definition) is 4. The summed E-state index contributed by atoms with van der Waals surface area (Å²) < 4.78 is 21.4. The molecular formula is C22H17FN2O5. The molecule has 2 aromatic carbocycles. The summed E-state index contributed by atoms with van der Waals surface area (Å²) in [5, 5.41) is 21.8. The molecule has 0 fully saturated rings. The molecule has 0 aliphatic carbocycles. The fourth-order valence-corrected chi connectivity index (χ4v) is 3.64. The Morgan fingerprint density at radius 2 is 2.03 bits per heavy atom. The van der Waals surface area contributed by atoms with E-state index in [2.05, 4.69) is 0 Å². The molecule has 8 heteroatoms. The first-order chi connectivity index (χ1) is 14.4. The minimum atomic E-state index is -1.21. The van der Waals surface area contributed by atoms with E-state index in [1.165, 1.54) is 10.8 Å². The van der Waals surface area contributed by atoms with Crippen LogP contribution in [0.5, 0.6) is 0 Å². The lowest BCUT2D eigenvalue weighted by Crippen LogP contribution is -2.11. The van der Waals surface area contributed by atoms with E-state index in [1.807, 2.05) is 19.1 Å². The van der Waals surface area contributed by atoms with Gasteiger partial charge in [0.15, 0.2) is 0 Å². The standard InChI is InChI=1S/C22H17FN2O5/c1-2-13-5-8-18-16(10-13)20(19-4-3-9-30-19)21(22(26)27)24(18)12-14-11-15(25(28)29)6-7-17(14)23/h3-11H,2,12H2,1H3,(H,26,27). The highest BCUT2D eigenvalue weighted by Crippen LogP contribution is 2.37. The van der Waals surface area contributed by atoms with Crippen molar-refractivity contribution in [1.29, 1.82) is 0 Å². The first-order valence-electron chi connectivity index (χ1n) is 9.25. The summed E-state index contributed by atoms with van der Waals surface area (Å²) in [6.07, 6.45) is 2.20. The molecule has 0 amide bonds. The van der Waals surface area contributed by atoms with Crippen LogP contribution >= 0.6 is 0 Å². The third-order valence-corrected chi connectivity index (χ3v) is 5.07. The third kappa shape index (κ3) is 3.22. The molecular weight excluding hydrogens is 391 g/mol. The topological polar surface area (TPSA) is 98.5 Å². The number of nitro groups is 1. The largest absolute Gasteiger partial charge is 0.477 e. The van der Waals surface area contributed by atoms with E-state index in [0.29, 0.717) is 22.2 Å². The molecule has 0 saturated carbocycles. The zero-order valence-electron chi connectivity index (χ0n) is 16.0. The fraction of sp³-hybridized carbons (Fsp3) is 0.136. The van der Waals surface area contributed by atoms with Crippen molar-refractivity contribution in [2.24, 2.45) is 0 Å². The molecule has 0 unspecified atom stereocenters. The lowest BCUT2D eigenvalue weighted by Gasteiger charge is -2.10. The zero-order chi connectivity index (χ0) is 21.4. The van der Waals surface area contributed by atoms with Gasteiger partial charge in [-0.3, -0.25) is 10.1 Å². The molecule has 0 bridgehead atoms. The van der Waals surface area contributed by atoms with Gasteiger partial charge in [-0.15, -0.1) is 0 Å². The summed E-state index contributed by atoms with van der Waals surface area (Å²) in [5.41, 5.74) is 1.66. The molecule has 0 aliphatic heterocycles. The van der Waals surface area contributed by atoms with Crippen LogP contribution in [0.15, 0.2) is 59.2 Å². The first kappa shape index (κ1) is 19.4. The van der Waals surface area contributed by atoms with Gasteiger partial charge in [-0.25, -0.2) is 9.18 Å². The van der Waals surface area contributed by atoms with Crippen LogP contribution in [-0.4, -0.2) is 20.6 Å². The van der Waals surface area contributed by atoms with Crippen molar-refractivity contribution in [2.45, 2.75) is 19.9 Å². The molecule has 0 radical (unpaired) electrons. The Bertz CT molecular complexity index is 1270. The lowest BCUT2D eigenvalue weighted by atomic mass is 10.0. The molecule has 1 N–H and O–H groups in total. The van der Waals surface area contributed by atoms with E-state index >= 15 is 0 Å². The van der Waals surface area contributed by atoms with Crippen LogP contribution in [0, 0.1) is 15.9 Å². The summed E-state index contributed by atoms with van der Waals surface area (Å²) in [6, 6.07) is 12.1. The number of halogens is 1. The maximum atomic E-state index is 14.4. The van der Waals surface area contributed by atoms with Gasteiger partial charge in [-0.1, -0.05) is 13.0 Å². The van der Waals surface area contributed by atoms with Crippen LogP contribution in [0.3, 0.4) is 0 Å². The summed E-state index contributed by atoms with van der Waals surface area (Å²) in [5.74, 6) is -1.48. The highest BCUT2D eigenvalue weighted by molar-refractivity contribution is 6.07. The van der Waals surface area contributed by atoms with Crippen LogP contribution < -0.4 is 0 Å². The maximum absolute atomic E-state index is 14.4. The molecule has 2 heterocycles. The van der Waals surface area contributed by atoms with Gasteiger partial charge in [-0.05, 0) is 42.3 Å². The minimum Gasteiger partial charge on any atom is -0.477 e. The summed E-state index contributed by atoms with van der Waals surface area (Å²) in [6.45, 7) is 1.80. The van der Waals surface area contributed by atoms with E-state index in [9.17, 15) is 24.4 Å². The summed E-state index contributed by atoms with van der Waals surface area (Å²) >= 11 is 0. The minimum absolute atomic E-state index is 0.0224. The van der Waals surface area contributed by atoms with Crippen LogP contribution in [0.2, 0.25) is 0 Å². The second-order valence-corrected chi connectivity index (χ2v) is 6.83. The molecule has 7 nitrogen and oxygen atoms in total. The Hall–Kier alpha value is -3.94. The van der Waals surface area contributed by atoms with Crippen LogP contribution in [0.25, 0.3) is 22.2 Å². The van der Waals surface area contributed by atoms with Crippen molar-refractivity contribution >= 4 is 22.6 Å². The van der Waals surface area contributed by atoms with Crippen LogP contribution in [-0.2, 0) is 13.0 Å². The Morgan fingerprint density at radius 1 is 1.23 bits per heavy atom. The summed E-state index contributed by atoms with van der Waals surface area (Å²) in [4.78, 5) is 22.7. The van der Waals surface area contributed by atoms with E-state index in [-0.39, 0.29) is 23.5 Å². The molecule has 152 valence electrons. The van der Waals surface area contributed by atoms with Crippen molar-refractivity contribution < 1.29 is 23.6 Å². The molecule has 4 aromatic rings. The number of rotatable bonds is 6. The first-order valence-corrected chi connectivity index (χ1v) is 9.25. The second-order valence-electron chi connectivity index (χ2n) is 6.83. The molecule has 2 aromatic heterocycles. The zero-order valence-corrected chi connectivity index (χ0v) is 16.0. The maximum Gasteiger partial charge on any atom is 0.353 e. The van der Waals surface area contributed by atoms with Gasteiger partial charge in [0.25, 0.3) is 5.69 Å². The number of benzene rings is 2. The number of nitro benzene ring substituents is 1. The van der Waals surface area contributed by atoms with Crippen molar-refractivity contribution in [3.63, 3.8) is 0 Å². The van der Waals surface area contributed by atoms with Crippen LogP contribution in [0.1, 0.15) is 28.5 Å². The number of furan rings is 1. The van der Waals surface area contributed by atoms with Gasteiger partial charge in [-0.2, -0.15) is 0 Å². The predicted octanol–water partition coefficient (Wildman–Crippen LogP) is 5.26. The van der Waals surface area contributed by atoms with E-state index in [1.54, 1.807) is 18.2 Å². The van der Waals surface area contributed by atoms with Crippen molar-refractivity contribution in [3.05, 3.63) is 87.5 Å². The summed E-state index contributed by atoms with van der Waals surface area (Å²) in [7, 11) is 0. The van der Waals surface area contributed by atoms with Gasteiger partial charge in [0.1, 0.15) is 17.3 Å². The number of nitrogens with zero attached hydrogens (tertiary/aromatic N) is 2. The normalized spacial score (nSPS) is 11.1. The van der Waals surface area contributed by atoms with Gasteiger partial charge in [0.2, 0.25) is 0 Å². The SMILES string of the molecule is CCc1ccc2c(c1)c(-c1ccco1)c(C(=O)O)n2Cc1cc([N+](=O)[O-])ccc1F. The molecule has 0 aliphatic rings. The molecule has 30 heavy (non-hydrogen) atoms. The van der Waals surface area contributed by atoms with E-state index < -0.39 is 16.7 Å². The van der Waals surface area contributed by atoms with Crippen LogP contribution in [0.4, 0.5) is 10.1 Å². The Kier molecular flexibility index (Phi) is 4.83. The number of aromatic nitrogens is 1. The second kappa shape index (κ2) is 7.47. The molecule has 0 spiro atoms. The number of carboxylic acids is 1. The number of carboxylic acid groups (broad SMARTS) is 1. The Balaban J connectivity index is 2.01. The lowest BCUT2D eigenvalue weighted by molar-refractivity contribution is -0.385. The molecule has 0 saturated heterocycles. The van der Waals surface area contributed by atoms with Gasteiger partial charge in [0.05, 0.1) is 23.3 Å². The quantitative estimate of drug-likeness (QED) is 0.347. The molecule has 4 rings (SSSR count). The average Bonchev–Trinajstić information content (AvgIpc) is 3.35. The molecule has 0 atom stereocenters. The third-order valence-electron chi connectivity index (χ3n) is 5.07. The van der Waals surface area contributed by atoms with Crippen molar-refractivity contribution in [3.8, 4) is 11.3 Å². The number of carbonyl (C=O) groups is 1. The van der Waals surface area contributed by atoms with Gasteiger partial charge < -0.3 is 14.1 Å². The van der Waals surface area contributed by atoms with E-state index in [0.717, 1.165) is 30.2 Å². The highest BCUT2D eigenvalue weighted by atomic mass is 19.1. The Morgan fingerprint density at radius 3 is 2.67 bits per heavy atom. The number of aromatic carboxylic acids is 1. The number of fused-ring (bicyclic) bond motifs is 1. The number of non-ortho nitro benzene ring substituents is 1. The van der Waals surface area contributed by atoms with E-state index in [4.69, 9.17) is 4.42 Å². The monoisotopic (exact) mass is 408 g/mol. The van der Waals surface area contributed by atoms with Gasteiger partial charge >= 0.3 is 5.97 Å². The van der Waals surface area contributed by atoms with Crippen molar-refractivity contribution in [1.82, 2.24) is 4.57 Å². The Labute approximate surface area is 170 Å². The highest BCUT2D eigenvalue weighted by Gasteiger charge is 2.26. The number of aryl methyl sites for hydroxylation is 1.